The van der Waals surface area contributed by atoms with Crippen LogP contribution in [0.2, 0.25) is 0 Å². The van der Waals surface area contributed by atoms with E-state index in [0.717, 1.165) is 10.5 Å². The Morgan fingerprint density at radius 2 is 2.09 bits per heavy atom. The summed E-state index contributed by atoms with van der Waals surface area (Å²) in [6, 6.07) is 6.73. The second-order valence-corrected chi connectivity index (χ2v) is 2.90. The zero-order valence-electron chi connectivity index (χ0n) is 5.52. The van der Waals surface area contributed by atoms with Crippen molar-refractivity contribution >= 4 is 22.0 Å². The highest BCUT2D eigenvalue weighted by Crippen LogP contribution is 2.14. The van der Waals surface area contributed by atoms with Crippen LogP contribution in [0.25, 0.3) is 6.08 Å². The fraction of sp³-hybridized carbons (Fsp3) is 0. The number of halogens is 3. The van der Waals surface area contributed by atoms with Gasteiger partial charge in [0, 0.05) is 10.5 Å². The summed E-state index contributed by atoms with van der Waals surface area (Å²) in [5, 5.41) is 0. The van der Waals surface area contributed by atoms with Gasteiger partial charge in [-0.2, -0.15) is 8.78 Å². The zero-order valence-corrected chi connectivity index (χ0v) is 7.11. The third-order valence-corrected chi connectivity index (χ3v) is 1.62. The summed E-state index contributed by atoms with van der Waals surface area (Å²) in [5.74, 6) is 0. The van der Waals surface area contributed by atoms with Gasteiger partial charge >= 0.3 is 0 Å². The van der Waals surface area contributed by atoms with Crippen molar-refractivity contribution < 1.29 is 8.78 Å². The molecule has 1 aromatic rings. The second-order valence-electron chi connectivity index (χ2n) is 1.99. The molecule has 0 aliphatic heterocycles. The van der Waals surface area contributed by atoms with Gasteiger partial charge in [-0.15, -0.1) is 0 Å². The Bertz CT molecular complexity index is 277. The van der Waals surface area contributed by atoms with Crippen molar-refractivity contribution in [2.75, 3.05) is 0 Å². The maximum Gasteiger partial charge on any atom is 0.270 e. The molecule has 0 saturated heterocycles. The Labute approximate surface area is 71.7 Å². The minimum Gasteiger partial charge on any atom is -0.173 e. The maximum atomic E-state index is 11.7. The van der Waals surface area contributed by atoms with Gasteiger partial charge in [-0.05, 0) is 17.7 Å². The van der Waals surface area contributed by atoms with E-state index in [1.807, 2.05) is 0 Å². The Morgan fingerprint density at radius 3 is 2.64 bits per heavy atom. The van der Waals surface area contributed by atoms with Crippen LogP contribution in [-0.4, -0.2) is 0 Å². The van der Waals surface area contributed by atoms with E-state index in [9.17, 15) is 8.78 Å². The first-order valence-corrected chi connectivity index (χ1v) is 3.76. The first kappa shape index (κ1) is 8.40. The number of benzene rings is 1. The molecule has 0 bridgehead atoms. The van der Waals surface area contributed by atoms with Gasteiger partial charge in [-0.3, -0.25) is 0 Å². The summed E-state index contributed by atoms with van der Waals surface area (Å²) in [7, 11) is 0. The van der Waals surface area contributed by atoms with Gasteiger partial charge in [0.15, 0.2) is 0 Å². The molecule has 0 unspecified atom stereocenters. The molecule has 0 aliphatic rings. The van der Waals surface area contributed by atoms with Crippen molar-refractivity contribution in [2.24, 2.45) is 0 Å². The third kappa shape index (κ3) is 2.80. The molecule has 0 amide bonds. The smallest absolute Gasteiger partial charge is 0.173 e. The lowest BCUT2D eigenvalue weighted by molar-refractivity contribution is 0.429. The van der Waals surface area contributed by atoms with E-state index in [0.29, 0.717) is 5.56 Å². The average molecular weight is 219 g/mol. The Balaban J connectivity index is 2.97. The molecule has 0 heterocycles. The van der Waals surface area contributed by atoms with Crippen LogP contribution < -0.4 is 0 Å². The molecule has 1 rings (SSSR count). The van der Waals surface area contributed by atoms with E-state index in [2.05, 4.69) is 15.9 Å². The molecule has 0 aliphatic carbocycles. The van der Waals surface area contributed by atoms with Crippen LogP contribution in [0, 0.1) is 0 Å². The molecule has 0 nitrogen and oxygen atoms in total. The van der Waals surface area contributed by atoms with Gasteiger partial charge in [0.1, 0.15) is 0 Å². The van der Waals surface area contributed by atoms with Gasteiger partial charge in [0.25, 0.3) is 6.08 Å². The molecule has 11 heavy (non-hydrogen) atoms. The lowest BCUT2D eigenvalue weighted by Gasteiger charge is -1.92. The van der Waals surface area contributed by atoms with Crippen LogP contribution in [0.5, 0.6) is 0 Å². The largest absolute Gasteiger partial charge is 0.270 e. The van der Waals surface area contributed by atoms with E-state index >= 15 is 0 Å². The first-order valence-electron chi connectivity index (χ1n) is 2.97. The van der Waals surface area contributed by atoms with Gasteiger partial charge < -0.3 is 0 Å². The summed E-state index contributed by atoms with van der Waals surface area (Å²) < 4.78 is 24.2. The predicted octanol–water partition coefficient (Wildman–Crippen LogP) is 3.69. The van der Waals surface area contributed by atoms with Crippen LogP contribution >= 0.6 is 15.9 Å². The highest BCUT2D eigenvalue weighted by atomic mass is 79.9. The quantitative estimate of drug-likeness (QED) is 0.675. The van der Waals surface area contributed by atoms with E-state index in [1.54, 1.807) is 24.3 Å². The third-order valence-electron chi connectivity index (χ3n) is 1.12. The molecule has 0 saturated carbocycles. The van der Waals surface area contributed by atoms with Crippen LogP contribution in [0.15, 0.2) is 34.8 Å². The second kappa shape index (κ2) is 3.62. The lowest BCUT2D eigenvalue weighted by Crippen LogP contribution is -1.71. The van der Waals surface area contributed by atoms with Crippen molar-refractivity contribution in [3.8, 4) is 0 Å². The summed E-state index contributed by atoms with van der Waals surface area (Å²) >= 11 is 3.18. The van der Waals surface area contributed by atoms with Crippen LogP contribution in [0.3, 0.4) is 0 Å². The highest BCUT2D eigenvalue weighted by Gasteiger charge is 1.92. The van der Waals surface area contributed by atoms with Gasteiger partial charge in [0.2, 0.25) is 0 Å². The van der Waals surface area contributed by atoms with Crippen molar-refractivity contribution in [2.45, 2.75) is 0 Å². The molecule has 0 N–H and O–H groups in total. The minimum atomic E-state index is -1.68. The molecular weight excluding hydrogens is 214 g/mol. The van der Waals surface area contributed by atoms with E-state index < -0.39 is 6.08 Å². The summed E-state index contributed by atoms with van der Waals surface area (Å²) in [4.78, 5) is 0. The fourth-order valence-corrected chi connectivity index (χ4v) is 1.14. The maximum absolute atomic E-state index is 11.7. The first-order chi connectivity index (χ1) is 5.18. The Morgan fingerprint density at radius 1 is 1.36 bits per heavy atom. The Hall–Kier alpha value is -0.700. The standard InChI is InChI=1S/C8H5BrF2/c9-7-3-1-2-6(4-7)5-8(10)11/h1-5H. The molecule has 58 valence electrons. The molecule has 0 aromatic heterocycles. The summed E-state index contributed by atoms with van der Waals surface area (Å²) in [6.07, 6.45) is -0.854. The van der Waals surface area contributed by atoms with E-state index in [-0.39, 0.29) is 0 Å². The lowest BCUT2D eigenvalue weighted by atomic mass is 10.2. The van der Waals surface area contributed by atoms with Crippen LogP contribution in [0.4, 0.5) is 8.78 Å². The average Bonchev–Trinajstić information content (AvgIpc) is 1.85. The molecule has 0 spiro atoms. The summed E-state index contributed by atoms with van der Waals surface area (Å²) in [5.41, 5.74) is 0.499. The number of rotatable bonds is 1. The molecule has 0 atom stereocenters. The molecule has 0 radical (unpaired) electrons. The Kier molecular flexibility index (Phi) is 2.76. The minimum absolute atomic E-state index is 0.499. The zero-order chi connectivity index (χ0) is 8.27. The fourth-order valence-electron chi connectivity index (χ4n) is 0.722. The molecule has 1 aromatic carbocycles. The van der Waals surface area contributed by atoms with Crippen molar-refractivity contribution in [3.05, 3.63) is 40.4 Å². The van der Waals surface area contributed by atoms with E-state index in [1.165, 1.54) is 0 Å². The topological polar surface area (TPSA) is 0 Å². The van der Waals surface area contributed by atoms with E-state index in [4.69, 9.17) is 0 Å². The molecule has 3 heteroatoms. The SMILES string of the molecule is FC(F)=Cc1cccc(Br)c1. The highest BCUT2D eigenvalue weighted by molar-refractivity contribution is 9.10. The van der Waals surface area contributed by atoms with Crippen LogP contribution in [0.1, 0.15) is 5.56 Å². The van der Waals surface area contributed by atoms with Crippen molar-refractivity contribution in [3.63, 3.8) is 0 Å². The van der Waals surface area contributed by atoms with Crippen molar-refractivity contribution in [1.29, 1.82) is 0 Å². The van der Waals surface area contributed by atoms with Crippen LogP contribution in [-0.2, 0) is 0 Å². The van der Waals surface area contributed by atoms with Gasteiger partial charge in [0.05, 0.1) is 0 Å². The summed E-state index contributed by atoms with van der Waals surface area (Å²) in [6.45, 7) is 0. The number of hydrogen-bond acceptors (Lipinski definition) is 0. The molecular formula is C8H5BrF2. The van der Waals surface area contributed by atoms with Crippen molar-refractivity contribution in [1.82, 2.24) is 0 Å². The normalized spacial score (nSPS) is 9.36. The number of hydrogen-bond donors (Lipinski definition) is 0. The molecule has 0 fully saturated rings. The van der Waals surface area contributed by atoms with Gasteiger partial charge in [-0.25, -0.2) is 0 Å². The monoisotopic (exact) mass is 218 g/mol. The predicted molar refractivity (Wildman–Crippen MR) is 44.3 cm³/mol. The van der Waals surface area contributed by atoms with Gasteiger partial charge in [-0.1, -0.05) is 28.1 Å².